The molecule has 0 fully saturated rings. The summed E-state index contributed by atoms with van der Waals surface area (Å²) in [5, 5.41) is 0.708. The summed E-state index contributed by atoms with van der Waals surface area (Å²) in [4.78, 5) is 4.69. The fraction of sp³-hybridized carbons (Fsp3) is 0.562. The molecule has 0 aliphatic carbocycles. The van der Waals surface area contributed by atoms with Gasteiger partial charge in [0.15, 0.2) is 0 Å². The van der Waals surface area contributed by atoms with Crippen molar-refractivity contribution in [3.8, 4) is 0 Å². The van der Waals surface area contributed by atoms with Crippen molar-refractivity contribution >= 4 is 34.2 Å². The Morgan fingerprint density at radius 1 is 1.30 bits per heavy atom. The van der Waals surface area contributed by atoms with Crippen LogP contribution < -0.4 is 0 Å². The maximum absolute atomic E-state index is 6.27. The van der Waals surface area contributed by atoms with E-state index >= 15 is 0 Å². The molecule has 110 valence electrons. The standard InChI is InChI=1S/C16H22Cl2N2/c1-11(2)16(3,4)10-20-13-7-5-6-12(18)15(13)19-14(20)8-9-17/h5-7,11H,8-10H2,1-4H3. The summed E-state index contributed by atoms with van der Waals surface area (Å²) in [5.74, 6) is 2.18. The number of fused-ring (bicyclic) bond motifs is 1. The third kappa shape index (κ3) is 2.96. The van der Waals surface area contributed by atoms with Crippen LogP contribution in [-0.2, 0) is 13.0 Å². The number of imidazole rings is 1. The molecule has 0 bridgehead atoms. The molecule has 1 aromatic heterocycles. The third-order valence-electron chi connectivity index (χ3n) is 4.26. The zero-order valence-electron chi connectivity index (χ0n) is 12.6. The van der Waals surface area contributed by atoms with E-state index in [2.05, 4.69) is 38.3 Å². The van der Waals surface area contributed by atoms with Crippen LogP contribution >= 0.6 is 23.2 Å². The van der Waals surface area contributed by atoms with E-state index in [-0.39, 0.29) is 5.41 Å². The van der Waals surface area contributed by atoms with Crippen LogP contribution in [0.5, 0.6) is 0 Å². The van der Waals surface area contributed by atoms with Crippen LogP contribution in [0.25, 0.3) is 11.0 Å². The minimum Gasteiger partial charge on any atom is -0.327 e. The molecule has 0 aliphatic rings. The lowest BCUT2D eigenvalue weighted by Gasteiger charge is -2.30. The molecule has 0 aliphatic heterocycles. The molecule has 0 amide bonds. The summed E-state index contributed by atoms with van der Waals surface area (Å²) in [6, 6.07) is 5.96. The minimum atomic E-state index is 0.191. The molecule has 1 aromatic carbocycles. The van der Waals surface area contributed by atoms with E-state index in [1.165, 1.54) is 0 Å². The molecule has 0 spiro atoms. The number of aryl methyl sites for hydroxylation is 1. The van der Waals surface area contributed by atoms with E-state index in [1.807, 2.05) is 12.1 Å². The summed E-state index contributed by atoms with van der Waals surface area (Å²) >= 11 is 12.2. The highest BCUT2D eigenvalue weighted by molar-refractivity contribution is 6.34. The predicted octanol–water partition coefficient (Wildman–Crippen LogP) is 5.15. The number of rotatable bonds is 5. The zero-order chi connectivity index (χ0) is 14.9. The predicted molar refractivity (Wildman–Crippen MR) is 87.8 cm³/mol. The smallest absolute Gasteiger partial charge is 0.111 e. The fourth-order valence-electron chi connectivity index (χ4n) is 2.20. The highest BCUT2D eigenvalue weighted by atomic mass is 35.5. The van der Waals surface area contributed by atoms with Crippen LogP contribution in [0.15, 0.2) is 18.2 Å². The topological polar surface area (TPSA) is 17.8 Å². The molecule has 4 heteroatoms. The number of halogens is 2. The number of benzene rings is 1. The van der Waals surface area contributed by atoms with Gasteiger partial charge in [-0.15, -0.1) is 11.6 Å². The van der Waals surface area contributed by atoms with E-state index in [1.54, 1.807) is 0 Å². The van der Waals surface area contributed by atoms with Gasteiger partial charge in [-0.2, -0.15) is 0 Å². The molecule has 0 radical (unpaired) electrons. The van der Waals surface area contributed by atoms with Crippen LogP contribution in [0.4, 0.5) is 0 Å². The second-order valence-electron chi connectivity index (χ2n) is 6.30. The van der Waals surface area contributed by atoms with E-state index in [9.17, 15) is 0 Å². The monoisotopic (exact) mass is 312 g/mol. The van der Waals surface area contributed by atoms with Gasteiger partial charge in [0.05, 0.1) is 10.5 Å². The van der Waals surface area contributed by atoms with Gasteiger partial charge in [-0.3, -0.25) is 0 Å². The zero-order valence-corrected chi connectivity index (χ0v) is 14.1. The first-order valence-electron chi connectivity index (χ1n) is 7.06. The fourth-order valence-corrected chi connectivity index (χ4v) is 2.58. The minimum absolute atomic E-state index is 0.191. The van der Waals surface area contributed by atoms with E-state index in [0.717, 1.165) is 29.8 Å². The lowest BCUT2D eigenvalue weighted by Crippen LogP contribution is -2.26. The van der Waals surface area contributed by atoms with Gasteiger partial charge in [-0.05, 0) is 23.5 Å². The average Bonchev–Trinajstić information content (AvgIpc) is 2.69. The van der Waals surface area contributed by atoms with Crippen LogP contribution in [0.1, 0.15) is 33.5 Å². The van der Waals surface area contributed by atoms with E-state index < -0.39 is 0 Å². The van der Waals surface area contributed by atoms with Crippen LogP contribution in [-0.4, -0.2) is 15.4 Å². The Morgan fingerprint density at radius 3 is 2.60 bits per heavy atom. The molecule has 1 heterocycles. The molecule has 0 unspecified atom stereocenters. The SMILES string of the molecule is CC(C)C(C)(C)Cn1c(CCCl)nc2c(Cl)cccc21. The maximum Gasteiger partial charge on any atom is 0.111 e. The molecule has 0 saturated carbocycles. The Morgan fingerprint density at radius 2 is 2.00 bits per heavy atom. The molecule has 20 heavy (non-hydrogen) atoms. The summed E-state index contributed by atoms with van der Waals surface area (Å²) < 4.78 is 2.28. The summed E-state index contributed by atoms with van der Waals surface area (Å²) in [6.45, 7) is 10.0. The van der Waals surface area contributed by atoms with Gasteiger partial charge in [0, 0.05) is 18.8 Å². The van der Waals surface area contributed by atoms with Crippen molar-refractivity contribution in [3.05, 3.63) is 29.0 Å². The first-order chi connectivity index (χ1) is 9.36. The normalized spacial score (nSPS) is 12.6. The largest absolute Gasteiger partial charge is 0.327 e. The first-order valence-corrected chi connectivity index (χ1v) is 7.97. The highest BCUT2D eigenvalue weighted by Crippen LogP contribution is 2.32. The van der Waals surface area contributed by atoms with Gasteiger partial charge in [0.25, 0.3) is 0 Å². The Kier molecular flexibility index (Phi) is 4.66. The highest BCUT2D eigenvalue weighted by Gasteiger charge is 2.25. The van der Waals surface area contributed by atoms with Crippen molar-refractivity contribution in [2.45, 2.75) is 40.7 Å². The van der Waals surface area contributed by atoms with Gasteiger partial charge in [-0.1, -0.05) is 45.4 Å². The molecule has 0 N–H and O–H groups in total. The first kappa shape index (κ1) is 15.7. The Hall–Kier alpha value is -0.730. The van der Waals surface area contributed by atoms with E-state index in [0.29, 0.717) is 16.8 Å². The molecule has 0 saturated heterocycles. The molecule has 2 aromatic rings. The molecule has 0 atom stereocenters. The van der Waals surface area contributed by atoms with Crippen molar-refractivity contribution in [2.75, 3.05) is 5.88 Å². The Balaban J connectivity index is 2.54. The second-order valence-corrected chi connectivity index (χ2v) is 7.09. The van der Waals surface area contributed by atoms with Gasteiger partial charge >= 0.3 is 0 Å². The lowest BCUT2D eigenvalue weighted by molar-refractivity contribution is 0.210. The number of nitrogens with zero attached hydrogens (tertiary/aromatic N) is 2. The van der Waals surface area contributed by atoms with Gasteiger partial charge in [0.1, 0.15) is 11.3 Å². The number of hydrogen-bond acceptors (Lipinski definition) is 1. The van der Waals surface area contributed by atoms with Gasteiger partial charge in [-0.25, -0.2) is 4.98 Å². The van der Waals surface area contributed by atoms with Gasteiger partial charge < -0.3 is 4.57 Å². The van der Waals surface area contributed by atoms with Crippen LogP contribution in [0, 0.1) is 11.3 Å². The van der Waals surface area contributed by atoms with Crippen molar-refractivity contribution in [1.82, 2.24) is 9.55 Å². The summed E-state index contributed by atoms with van der Waals surface area (Å²) in [6.07, 6.45) is 0.765. The number of hydrogen-bond donors (Lipinski definition) is 0. The van der Waals surface area contributed by atoms with Crippen molar-refractivity contribution in [1.29, 1.82) is 0 Å². The number of para-hydroxylation sites is 1. The van der Waals surface area contributed by atoms with E-state index in [4.69, 9.17) is 28.2 Å². The summed E-state index contributed by atoms with van der Waals surface area (Å²) in [5.41, 5.74) is 2.18. The Labute approximate surface area is 131 Å². The van der Waals surface area contributed by atoms with Crippen molar-refractivity contribution in [3.63, 3.8) is 0 Å². The lowest BCUT2D eigenvalue weighted by atomic mass is 9.81. The van der Waals surface area contributed by atoms with Crippen molar-refractivity contribution < 1.29 is 0 Å². The maximum atomic E-state index is 6.27. The van der Waals surface area contributed by atoms with Gasteiger partial charge in [0.2, 0.25) is 0 Å². The Bertz CT molecular complexity index is 600. The summed E-state index contributed by atoms with van der Waals surface area (Å²) in [7, 11) is 0. The quantitative estimate of drug-likeness (QED) is 0.698. The average molecular weight is 313 g/mol. The molecule has 2 nitrogen and oxygen atoms in total. The molecule has 2 rings (SSSR count). The number of aromatic nitrogens is 2. The van der Waals surface area contributed by atoms with Crippen LogP contribution in [0.2, 0.25) is 5.02 Å². The molecular formula is C16H22Cl2N2. The second kappa shape index (κ2) is 5.95. The number of alkyl halides is 1. The third-order valence-corrected chi connectivity index (χ3v) is 4.75. The van der Waals surface area contributed by atoms with Crippen molar-refractivity contribution in [2.24, 2.45) is 11.3 Å². The van der Waals surface area contributed by atoms with Crippen LogP contribution in [0.3, 0.4) is 0 Å². The molecular weight excluding hydrogens is 291 g/mol.